The van der Waals surface area contributed by atoms with E-state index in [1.54, 1.807) is 18.2 Å². The highest BCUT2D eigenvalue weighted by molar-refractivity contribution is 5.93. The first-order chi connectivity index (χ1) is 9.58. The highest BCUT2D eigenvalue weighted by Crippen LogP contribution is 2.27. The van der Waals surface area contributed by atoms with Gasteiger partial charge >= 0.3 is 0 Å². The van der Waals surface area contributed by atoms with Gasteiger partial charge < -0.3 is 15.4 Å². The van der Waals surface area contributed by atoms with Crippen molar-refractivity contribution in [3.63, 3.8) is 0 Å². The molecule has 0 spiro atoms. The average Bonchev–Trinajstić information content (AvgIpc) is 2.43. The summed E-state index contributed by atoms with van der Waals surface area (Å²) >= 11 is 0. The molecular weight excluding hydrogens is 254 g/mol. The Morgan fingerprint density at radius 1 is 1.45 bits per heavy atom. The molecule has 0 aliphatic heterocycles. The fourth-order valence-electron chi connectivity index (χ4n) is 1.76. The second kappa shape index (κ2) is 8.18. The molecule has 1 amide bonds. The van der Waals surface area contributed by atoms with Gasteiger partial charge in [-0.1, -0.05) is 19.9 Å². The van der Waals surface area contributed by atoms with Crippen LogP contribution in [-0.2, 0) is 4.79 Å². The summed E-state index contributed by atoms with van der Waals surface area (Å²) < 4.78 is 5.17. The third-order valence-electron chi connectivity index (χ3n) is 2.76. The molecule has 108 valence electrons. The molecule has 20 heavy (non-hydrogen) atoms. The van der Waals surface area contributed by atoms with E-state index in [0.717, 1.165) is 13.0 Å². The number of nitriles is 1. The molecule has 0 aliphatic carbocycles. The number of hydrogen-bond donors (Lipinski definition) is 2. The van der Waals surface area contributed by atoms with Crippen molar-refractivity contribution in [2.24, 2.45) is 0 Å². The van der Waals surface area contributed by atoms with E-state index < -0.39 is 0 Å². The van der Waals surface area contributed by atoms with Crippen LogP contribution in [-0.4, -0.2) is 25.6 Å². The SMILES string of the molecule is COc1cccc(C#N)c1NC(=O)CCCNC(C)C. The number of rotatable bonds is 7. The molecule has 0 saturated heterocycles. The zero-order valence-corrected chi connectivity index (χ0v) is 12.2. The maximum Gasteiger partial charge on any atom is 0.224 e. The first-order valence-corrected chi connectivity index (χ1v) is 6.68. The molecule has 0 fully saturated rings. The van der Waals surface area contributed by atoms with E-state index in [0.29, 0.717) is 29.5 Å². The van der Waals surface area contributed by atoms with Crippen LogP contribution >= 0.6 is 0 Å². The molecule has 2 N–H and O–H groups in total. The Hall–Kier alpha value is -2.06. The van der Waals surface area contributed by atoms with Gasteiger partial charge in [0, 0.05) is 12.5 Å². The lowest BCUT2D eigenvalue weighted by Gasteiger charge is -2.12. The fraction of sp³-hybridized carbons (Fsp3) is 0.467. The van der Waals surface area contributed by atoms with Crippen LogP contribution in [0.15, 0.2) is 18.2 Å². The minimum absolute atomic E-state index is 0.114. The first-order valence-electron chi connectivity index (χ1n) is 6.68. The molecule has 5 nitrogen and oxygen atoms in total. The highest BCUT2D eigenvalue weighted by Gasteiger charge is 2.11. The van der Waals surface area contributed by atoms with Gasteiger partial charge in [0.2, 0.25) is 5.91 Å². The molecule has 0 aromatic heterocycles. The Morgan fingerprint density at radius 2 is 2.20 bits per heavy atom. The fourth-order valence-corrected chi connectivity index (χ4v) is 1.76. The van der Waals surface area contributed by atoms with E-state index in [2.05, 4.69) is 30.6 Å². The largest absolute Gasteiger partial charge is 0.495 e. The summed E-state index contributed by atoms with van der Waals surface area (Å²) in [7, 11) is 1.51. The van der Waals surface area contributed by atoms with Crippen LogP contribution in [0.25, 0.3) is 0 Å². The summed E-state index contributed by atoms with van der Waals surface area (Å²) in [5.41, 5.74) is 0.845. The number of carbonyl (C=O) groups excluding carboxylic acids is 1. The van der Waals surface area contributed by atoms with Gasteiger partial charge in [0.1, 0.15) is 17.5 Å². The minimum Gasteiger partial charge on any atom is -0.495 e. The lowest BCUT2D eigenvalue weighted by atomic mass is 10.1. The van der Waals surface area contributed by atoms with Crippen molar-refractivity contribution in [3.05, 3.63) is 23.8 Å². The molecule has 0 bridgehead atoms. The van der Waals surface area contributed by atoms with Gasteiger partial charge in [0.15, 0.2) is 0 Å². The number of ether oxygens (including phenoxy) is 1. The Bertz CT molecular complexity index is 492. The molecule has 5 heteroatoms. The second-order valence-corrected chi connectivity index (χ2v) is 4.76. The van der Waals surface area contributed by atoms with Gasteiger partial charge in [0.25, 0.3) is 0 Å². The predicted molar refractivity (Wildman–Crippen MR) is 78.7 cm³/mol. The van der Waals surface area contributed by atoms with Crippen LogP contribution in [0.3, 0.4) is 0 Å². The van der Waals surface area contributed by atoms with E-state index in [9.17, 15) is 4.79 Å². The molecule has 0 aliphatic rings. The average molecular weight is 275 g/mol. The zero-order valence-electron chi connectivity index (χ0n) is 12.2. The summed E-state index contributed by atoms with van der Waals surface area (Å²) in [4.78, 5) is 11.9. The van der Waals surface area contributed by atoms with Crippen LogP contribution < -0.4 is 15.4 Å². The molecule has 0 unspecified atom stereocenters. The van der Waals surface area contributed by atoms with Crippen molar-refractivity contribution < 1.29 is 9.53 Å². The molecule has 1 aromatic rings. The van der Waals surface area contributed by atoms with Gasteiger partial charge in [-0.25, -0.2) is 0 Å². The number of nitrogens with one attached hydrogen (secondary N) is 2. The van der Waals surface area contributed by atoms with E-state index >= 15 is 0 Å². The Labute approximate surface area is 119 Å². The quantitative estimate of drug-likeness (QED) is 0.749. The number of anilines is 1. The smallest absolute Gasteiger partial charge is 0.224 e. The molecule has 1 aromatic carbocycles. The number of para-hydroxylation sites is 1. The zero-order chi connectivity index (χ0) is 15.0. The van der Waals surface area contributed by atoms with E-state index in [1.165, 1.54) is 7.11 Å². The predicted octanol–water partition coefficient (Wildman–Crippen LogP) is 2.28. The van der Waals surface area contributed by atoms with Crippen molar-refractivity contribution in [1.82, 2.24) is 5.32 Å². The number of carbonyl (C=O) groups is 1. The monoisotopic (exact) mass is 275 g/mol. The molecule has 0 atom stereocenters. The van der Waals surface area contributed by atoms with Crippen LogP contribution in [0.4, 0.5) is 5.69 Å². The molecule has 0 saturated carbocycles. The maximum atomic E-state index is 11.9. The van der Waals surface area contributed by atoms with Gasteiger partial charge in [-0.3, -0.25) is 4.79 Å². The van der Waals surface area contributed by atoms with E-state index in [1.807, 2.05) is 0 Å². The summed E-state index contributed by atoms with van der Waals surface area (Å²) in [6, 6.07) is 7.56. The van der Waals surface area contributed by atoms with Gasteiger partial charge in [-0.05, 0) is 25.1 Å². The van der Waals surface area contributed by atoms with E-state index in [-0.39, 0.29) is 5.91 Å². The molecule has 1 rings (SSSR count). The highest BCUT2D eigenvalue weighted by atomic mass is 16.5. The van der Waals surface area contributed by atoms with Crippen molar-refractivity contribution in [2.75, 3.05) is 19.0 Å². The Balaban J connectivity index is 2.60. The van der Waals surface area contributed by atoms with Gasteiger partial charge in [-0.2, -0.15) is 5.26 Å². The number of benzene rings is 1. The van der Waals surface area contributed by atoms with Crippen LogP contribution in [0.5, 0.6) is 5.75 Å². The van der Waals surface area contributed by atoms with Crippen LogP contribution in [0.2, 0.25) is 0 Å². The second-order valence-electron chi connectivity index (χ2n) is 4.76. The summed E-state index contributed by atoms with van der Waals surface area (Å²) in [5, 5.41) is 15.1. The standard InChI is InChI=1S/C15H21N3O2/c1-11(2)17-9-5-8-14(19)18-15-12(10-16)6-4-7-13(15)20-3/h4,6-7,11,17H,5,8-9H2,1-3H3,(H,18,19). The normalized spacial score (nSPS) is 10.2. The summed E-state index contributed by atoms with van der Waals surface area (Å²) in [6.45, 7) is 4.92. The first kappa shape index (κ1) is 16.0. The molecule has 0 heterocycles. The lowest BCUT2D eigenvalue weighted by Crippen LogP contribution is -2.24. The van der Waals surface area contributed by atoms with E-state index in [4.69, 9.17) is 10.00 Å². The Morgan fingerprint density at radius 3 is 2.80 bits per heavy atom. The lowest BCUT2D eigenvalue weighted by molar-refractivity contribution is -0.116. The summed E-state index contributed by atoms with van der Waals surface area (Å²) in [5.74, 6) is 0.384. The maximum absolute atomic E-state index is 11.9. The van der Waals surface area contributed by atoms with Crippen molar-refractivity contribution in [1.29, 1.82) is 5.26 Å². The number of nitrogens with zero attached hydrogens (tertiary/aromatic N) is 1. The van der Waals surface area contributed by atoms with Crippen molar-refractivity contribution in [2.45, 2.75) is 32.7 Å². The number of hydrogen-bond acceptors (Lipinski definition) is 4. The van der Waals surface area contributed by atoms with Crippen molar-refractivity contribution in [3.8, 4) is 11.8 Å². The Kier molecular flexibility index (Phi) is 6.54. The van der Waals surface area contributed by atoms with Gasteiger partial charge in [-0.15, -0.1) is 0 Å². The van der Waals surface area contributed by atoms with Crippen LogP contribution in [0.1, 0.15) is 32.3 Å². The number of amides is 1. The van der Waals surface area contributed by atoms with Gasteiger partial charge in [0.05, 0.1) is 12.7 Å². The van der Waals surface area contributed by atoms with Crippen molar-refractivity contribution >= 4 is 11.6 Å². The molecular formula is C15H21N3O2. The minimum atomic E-state index is -0.114. The molecule has 0 radical (unpaired) electrons. The third-order valence-corrected chi connectivity index (χ3v) is 2.76. The number of methoxy groups -OCH3 is 1. The summed E-state index contributed by atoms with van der Waals surface area (Å²) in [6.07, 6.45) is 1.16. The third kappa shape index (κ3) is 4.90. The van der Waals surface area contributed by atoms with Crippen LogP contribution in [0, 0.1) is 11.3 Å². The topological polar surface area (TPSA) is 74.1 Å².